The second-order valence-electron chi connectivity index (χ2n) is 5.71. The predicted octanol–water partition coefficient (Wildman–Crippen LogP) is 2.18. The van der Waals surface area contributed by atoms with Gasteiger partial charge in [0.2, 0.25) is 5.91 Å². The minimum absolute atomic E-state index is 0.0436. The van der Waals surface area contributed by atoms with Gasteiger partial charge in [-0.15, -0.1) is 0 Å². The average Bonchev–Trinajstić information content (AvgIpc) is 2.99. The van der Waals surface area contributed by atoms with E-state index in [9.17, 15) is 9.59 Å². The van der Waals surface area contributed by atoms with Crippen molar-refractivity contribution in [1.82, 2.24) is 5.32 Å². The van der Waals surface area contributed by atoms with Crippen molar-refractivity contribution < 1.29 is 14.7 Å². The Hall–Kier alpha value is -1.06. The maximum Gasteiger partial charge on any atom is 0.307 e. The van der Waals surface area contributed by atoms with Crippen molar-refractivity contribution in [1.29, 1.82) is 0 Å². The molecule has 18 heavy (non-hydrogen) atoms. The van der Waals surface area contributed by atoms with Gasteiger partial charge in [-0.2, -0.15) is 0 Å². The molecule has 2 N–H and O–H groups in total. The number of hydrogen-bond donors (Lipinski definition) is 2. The van der Waals surface area contributed by atoms with Crippen LogP contribution in [-0.4, -0.2) is 23.5 Å². The first-order valence-electron chi connectivity index (χ1n) is 7.19. The van der Waals surface area contributed by atoms with Gasteiger partial charge in [0.05, 0.1) is 11.8 Å². The van der Waals surface area contributed by atoms with Gasteiger partial charge >= 0.3 is 5.97 Å². The highest BCUT2D eigenvalue weighted by Gasteiger charge is 2.37. The molecule has 0 heterocycles. The van der Waals surface area contributed by atoms with Gasteiger partial charge in [0.1, 0.15) is 0 Å². The maximum atomic E-state index is 12.0. The van der Waals surface area contributed by atoms with Crippen LogP contribution >= 0.6 is 0 Å². The SMILES string of the molecule is O=C(O)[C@H]1CCC[C@H]1C(=O)NCCC1CCCC1. The molecule has 2 saturated carbocycles. The number of carboxylic acids is 1. The van der Waals surface area contributed by atoms with E-state index in [2.05, 4.69) is 5.32 Å². The number of amides is 1. The smallest absolute Gasteiger partial charge is 0.307 e. The third-order valence-electron chi connectivity index (χ3n) is 4.50. The van der Waals surface area contributed by atoms with Gasteiger partial charge in [-0.05, 0) is 25.2 Å². The highest BCUT2D eigenvalue weighted by atomic mass is 16.4. The minimum atomic E-state index is -0.816. The van der Waals surface area contributed by atoms with E-state index in [1.165, 1.54) is 25.7 Å². The molecule has 4 nitrogen and oxygen atoms in total. The van der Waals surface area contributed by atoms with Crippen LogP contribution < -0.4 is 5.32 Å². The lowest BCUT2D eigenvalue weighted by Gasteiger charge is -2.16. The van der Waals surface area contributed by atoms with E-state index in [1.54, 1.807) is 0 Å². The second-order valence-corrected chi connectivity index (χ2v) is 5.71. The van der Waals surface area contributed by atoms with E-state index in [1.807, 2.05) is 0 Å². The molecule has 0 aliphatic heterocycles. The van der Waals surface area contributed by atoms with Crippen LogP contribution in [0.2, 0.25) is 0 Å². The molecule has 0 radical (unpaired) electrons. The van der Waals surface area contributed by atoms with Crippen LogP contribution in [-0.2, 0) is 9.59 Å². The molecule has 2 aliphatic carbocycles. The van der Waals surface area contributed by atoms with E-state index in [0.717, 1.165) is 25.2 Å². The summed E-state index contributed by atoms with van der Waals surface area (Å²) in [7, 11) is 0. The summed E-state index contributed by atoms with van der Waals surface area (Å²) in [4.78, 5) is 23.0. The van der Waals surface area contributed by atoms with Crippen molar-refractivity contribution in [2.75, 3.05) is 6.54 Å². The van der Waals surface area contributed by atoms with Gasteiger partial charge < -0.3 is 10.4 Å². The lowest BCUT2D eigenvalue weighted by Crippen LogP contribution is -2.36. The van der Waals surface area contributed by atoms with Crippen LogP contribution in [0.4, 0.5) is 0 Å². The molecule has 1 amide bonds. The highest BCUT2D eigenvalue weighted by molar-refractivity contribution is 5.85. The molecule has 2 atom stereocenters. The normalized spacial score (nSPS) is 28.4. The Morgan fingerprint density at radius 2 is 1.67 bits per heavy atom. The van der Waals surface area contributed by atoms with Crippen LogP contribution in [0.15, 0.2) is 0 Å². The summed E-state index contributed by atoms with van der Waals surface area (Å²) in [5, 5.41) is 12.0. The monoisotopic (exact) mass is 253 g/mol. The molecule has 0 aromatic heterocycles. The Kier molecular flexibility index (Phi) is 4.61. The maximum absolute atomic E-state index is 12.0. The lowest BCUT2D eigenvalue weighted by atomic mass is 9.95. The molecule has 2 aliphatic rings. The zero-order chi connectivity index (χ0) is 13.0. The number of carbonyl (C=O) groups excluding carboxylic acids is 1. The Balaban J connectivity index is 1.71. The first-order valence-corrected chi connectivity index (χ1v) is 7.19. The summed E-state index contributed by atoms with van der Waals surface area (Å²) in [6.07, 6.45) is 8.51. The molecule has 4 heteroatoms. The molecule has 2 rings (SSSR count). The standard InChI is InChI=1S/C14H23NO3/c16-13(11-6-3-7-12(11)14(17)18)15-9-8-10-4-1-2-5-10/h10-12H,1-9H2,(H,15,16)(H,17,18)/t11-,12+/m1/s1. The Morgan fingerprint density at radius 1 is 1.00 bits per heavy atom. The number of nitrogens with one attached hydrogen (secondary N) is 1. The quantitative estimate of drug-likeness (QED) is 0.789. The third-order valence-corrected chi connectivity index (χ3v) is 4.50. The largest absolute Gasteiger partial charge is 0.481 e. The van der Waals surface area contributed by atoms with E-state index in [0.29, 0.717) is 13.0 Å². The van der Waals surface area contributed by atoms with Crippen LogP contribution in [0.3, 0.4) is 0 Å². The van der Waals surface area contributed by atoms with Crippen molar-refractivity contribution in [3.63, 3.8) is 0 Å². The van der Waals surface area contributed by atoms with E-state index < -0.39 is 11.9 Å². The summed E-state index contributed by atoms with van der Waals surface area (Å²) in [6, 6.07) is 0. The van der Waals surface area contributed by atoms with Crippen molar-refractivity contribution >= 4 is 11.9 Å². The molecule has 0 aromatic rings. The van der Waals surface area contributed by atoms with E-state index in [4.69, 9.17) is 5.11 Å². The summed E-state index contributed by atoms with van der Waals surface area (Å²) >= 11 is 0. The third kappa shape index (κ3) is 3.24. The summed E-state index contributed by atoms with van der Waals surface area (Å²) < 4.78 is 0. The zero-order valence-corrected chi connectivity index (χ0v) is 10.9. The number of carboxylic acid groups (broad SMARTS) is 1. The van der Waals surface area contributed by atoms with Crippen LogP contribution in [0.1, 0.15) is 51.4 Å². The predicted molar refractivity (Wildman–Crippen MR) is 68.1 cm³/mol. The molecular formula is C14H23NO3. The first kappa shape index (κ1) is 13.4. The molecule has 0 spiro atoms. The van der Waals surface area contributed by atoms with Gasteiger partial charge in [0.15, 0.2) is 0 Å². The molecule has 0 unspecified atom stereocenters. The van der Waals surface area contributed by atoms with Gasteiger partial charge in [-0.25, -0.2) is 0 Å². The molecule has 0 saturated heterocycles. The van der Waals surface area contributed by atoms with Crippen LogP contribution in [0, 0.1) is 17.8 Å². The Bertz CT molecular complexity index is 310. The topological polar surface area (TPSA) is 66.4 Å². The summed E-state index contributed by atoms with van der Waals surface area (Å²) in [5.74, 6) is -0.854. The fraction of sp³-hybridized carbons (Fsp3) is 0.857. The van der Waals surface area contributed by atoms with Crippen molar-refractivity contribution in [2.45, 2.75) is 51.4 Å². The zero-order valence-electron chi connectivity index (χ0n) is 10.9. The second kappa shape index (κ2) is 6.21. The van der Waals surface area contributed by atoms with Gasteiger partial charge in [-0.1, -0.05) is 32.1 Å². The minimum Gasteiger partial charge on any atom is -0.481 e. The van der Waals surface area contributed by atoms with Crippen molar-refractivity contribution in [3.8, 4) is 0 Å². The fourth-order valence-corrected chi connectivity index (χ4v) is 3.40. The highest BCUT2D eigenvalue weighted by Crippen LogP contribution is 2.32. The van der Waals surface area contributed by atoms with Crippen LogP contribution in [0.25, 0.3) is 0 Å². The van der Waals surface area contributed by atoms with Crippen molar-refractivity contribution in [2.24, 2.45) is 17.8 Å². The van der Waals surface area contributed by atoms with E-state index >= 15 is 0 Å². The van der Waals surface area contributed by atoms with Gasteiger partial charge in [-0.3, -0.25) is 9.59 Å². The summed E-state index contributed by atoms with van der Waals surface area (Å²) in [6.45, 7) is 0.715. The van der Waals surface area contributed by atoms with Gasteiger partial charge in [0, 0.05) is 6.54 Å². The molecule has 0 bridgehead atoms. The molecular weight excluding hydrogens is 230 g/mol. The number of hydrogen-bond acceptors (Lipinski definition) is 2. The molecule has 0 aromatic carbocycles. The molecule has 2 fully saturated rings. The van der Waals surface area contributed by atoms with Gasteiger partial charge in [0.25, 0.3) is 0 Å². The van der Waals surface area contributed by atoms with Crippen molar-refractivity contribution in [3.05, 3.63) is 0 Å². The number of rotatable bonds is 5. The fourth-order valence-electron chi connectivity index (χ4n) is 3.40. The first-order chi connectivity index (χ1) is 8.68. The molecule has 102 valence electrons. The number of carbonyl (C=O) groups is 2. The number of aliphatic carboxylic acids is 1. The van der Waals surface area contributed by atoms with E-state index in [-0.39, 0.29) is 11.8 Å². The summed E-state index contributed by atoms with van der Waals surface area (Å²) in [5.41, 5.74) is 0. The van der Waals surface area contributed by atoms with Crippen LogP contribution in [0.5, 0.6) is 0 Å². The Labute approximate surface area is 108 Å². The lowest BCUT2D eigenvalue weighted by molar-refractivity contribution is -0.146. The Morgan fingerprint density at radius 3 is 2.33 bits per heavy atom. The average molecular weight is 253 g/mol.